The lowest BCUT2D eigenvalue weighted by Crippen LogP contribution is -2.24. The number of ketones is 1. The molecular weight excluding hydrogens is 292 g/mol. The van der Waals surface area contributed by atoms with Crippen LogP contribution in [0.5, 0.6) is 5.75 Å². The van der Waals surface area contributed by atoms with Crippen LogP contribution in [0.2, 0.25) is 0 Å². The SMILES string of the molecule is CCOc1ccc(C(=O)Cn2cnc3ccccc3c2=O)cc1. The maximum atomic E-state index is 12.4. The molecule has 3 aromatic rings. The Morgan fingerprint density at radius 2 is 1.87 bits per heavy atom. The molecule has 0 bridgehead atoms. The first kappa shape index (κ1) is 15.0. The number of para-hydroxylation sites is 1. The molecule has 1 heterocycles. The van der Waals surface area contributed by atoms with Crippen molar-refractivity contribution in [2.24, 2.45) is 0 Å². The van der Waals surface area contributed by atoms with Crippen LogP contribution in [0.1, 0.15) is 17.3 Å². The average Bonchev–Trinajstić information content (AvgIpc) is 2.58. The highest BCUT2D eigenvalue weighted by molar-refractivity contribution is 5.96. The van der Waals surface area contributed by atoms with E-state index in [1.165, 1.54) is 10.9 Å². The van der Waals surface area contributed by atoms with Gasteiger partial charge in [0.2, 0.25) is 0 Å². The number of carbonyl (C=O) groups is 1. The van der Waals surface area contributed by atoms with Gasteiger partial charge >= 0.3 is 0 Å². The van der Waals surface area contributed by atoms with Crippen molar-refractivity contribution in [3.63, 3.8) is 0 Å². The highest BCUT2D eigenvalue weighted by Crippen LogP contribution is 2.13. The second kappa shape index (κ2) is 6.44. The van der Waals surface area contributed by atoms with Crippen LogP contribution < -0.4 is 10.3 Å². The zero-order chi connectivity index (χ0) is 16.2. The molecule has 116 valence electrons. The Kier molecular flexibility index (Phi) is 4.19. The van der Waals surface area contributed by atoms with Gasteiger partial charge in [-0.2, -0.15) is 0 Å². The van der Waals surface area contributed by atoms with Gasteiger partial charge in [-0.15, -0.1) is 0 Å². The summed E-state index contributed by atoms with van der Waals surface area (Å²) in [4.78, 5) is 28.9. The zero-order valence-corrected chi connectivity index (χ0v) is 12.7. The van der Waals surface area contributed by atoms with E-state index in [2.05, 4.69) is 4.98 Å². The van der Waals surface area contributed by atoms with Crippen LogP contribution in [-0.2, 0) is 6.54 Å². The van der Waals surface area contributed by atoms with Crippen molar-refractivity contribution >= 4 is 16.7 Å². The summed E-state index contributed by atoms with van der Waals surface area (Å²) in [5, 5.41) is 0.509. The van der Waals surface area contributed by atoms with Gasteiger partial charge in [-0.3, -0.25) is 14.2 Å². The third kappa shape index (κ3) is 3.13. The highest BCUT2D eigenvalue weighted by atomic mass is 16.5. The van der Waals surface area contributed by atoms with E-state index in [9.17, 15) is 9.59 Å². The lowest BCUT2D eigenvalue weighted by Gasteiger charge is -2.07. The van der Waals surface area contributed by atoms with Gasteiger partial charge in [0.1, 0.15) is 5.75 Å². The lowest BCUT2D eigenvalue weighted by atomic mass is 10.1. The molecular formula is C18H16N2O3. The fourth-order valence-corrected chi connectivity index (χ4v) is 2.37. The number of Topliss-reactive ketones (excluding diaryl/α,β-unsaturated/α-hetero) is 1. The van der Waals surface area contributed by atoms with Gasteiger partial charge < -0.3 is 4.74 Å². The molecule has 1 aromatic heterocycles. The fraction of sp³-hybridized carbons (Fsp3) is 0.167. The van der Waals surface area contributed by atoms with Crippen LogP contribution in [0.3, 0.4) is 0 Å². The van der Waals surface area contributed by atoms with E-state index in [0.717, 1.165) is 0 Å². The van der Waals surface area contributed by atoms with Gasteiger partial charge in [0.25, 0.3) is 5.56 Å². The summed E-state index contributed by atoms with van der Waals surface area (Å²) in [6.07, 6.45) is 1.41. The Morgan fingerprint density at radius 1 is 1.13 bits per heavy atom. The van der Waals surface area contributed by atoms with Gasteiger partial charge in [0.05, 0.1) is 30.4 Å². The summed E-state index contributed by atoms with van der Waals surface area (Å²) in [5.41, 5.74) is 0.950. The molecule has 0 aliphatic rings. The second-order valence-corrected chi connectivity index (χ2v) is 5.08. The molecule has 0 unspecified atom stereocenters. The van der Waals surface area contributed by atoms with E-state index in [-0.39, 0.29) is 17.9 Å². The van der Waals surface area contributed by atoms with Crippen molar-refractivity contribution in [2.45, 2.75) is 13.5 Å². The number of hydrogen-bond donors (Lipinski definition) is 0. The Balaban J connectivity index is 1.85. The quantitative estimate of drug-likeness (QED) is 0.680. The van der Waals surface area contributed by atoms with Crippen molar-refractivity contribution in [3.05, 3.63) is 70.8 Å². The van der Waals surface area contributed by atoms with Gasteiger partial charge in [0, 0.05) is 5.56 Å². The normalized spacial score (nSPS) is 10.7. The molecule has 5 nitrogen and oxygen atoms in total. The fourth-order valence-electron chi connectivity index (χ4n) is 2.37. The Morgan fingerprint density at radius 3 is 2.61 bits per heavy atom. The van der Waals surface area contributed by atoms with Gasteiger partial charge in [-0.1, -0.05) is 12.1 Å². The monoisotopic (exact) mass is 308 g/mol. The first-order valence-electron chi connectivity index (χ1n) is 7.39. The number of hydrogen-bond acceptors (Lipinski definition) is 4. The predicted molar refractivity (Wildman–Crippen MR) is 87.9 cm³/mol. The molecule has 0 fully saturated rings. The van der Waals surface area contributed by atoms with Crippen LogP contribution in [0.15, 0.2) is 59.7 Å². The maximum Gasteiger partial charge on any atom is 0.261 e. The number of aromatic nitrogens is 2. The Labute approximate surface area is 133 Å². The van der Waals surface area contributed by atoms with Crippen molar-refractivity contribution in [1.29, 1.82) is 0 Å². The van der Waals surface area contributed by atoms with Crippen LogP contribution in [0.4, 0.5) is 0 Å². The number of carbonyl (C=O) groups excluding carboxylic acids is 1. The number of benzene rings is 2. The van der Waals surface area contributed by atoms with Gasteiger partial charge in [-0.05, 0) is 43.3 Å². The molecule has 2 aromatic carbocycles. The molecule has 0 N–H and O–H groups in total. The molecule has 0 amide bonds. The molecule has 0 spiro atoms. The van der Waals surface area contributed by atoms with Gasteiger partial charge in [0.15, 0.2) is 5.78 Å². The topological polar surface area (TPSA) is 61.2 Å². The molecule has 0 atom stereocenters. The Hall–Kier alpha value is -2.95. The van der Waals surface area contributed by atoms with Crippen molar-refractivity contribution in [3.8, 4) is 5.75 Å². The maximum absolute atomic E-state index is 12.4. The van der Waals surface area contributed by atoms with Crippen LogP contribution >= 0.6 is 0 Å². The molecule has 5 heteroatoms. The standard InChI is InChI=1S/C18H16N2O3/c1-2-23-14-9-7-13(8-10-14)17(21)11-20-12-19-16-6-4-3-5-15(16)18(20)22/h3-10,12H,2,11H2,1H3. The van der Waals surface area contributed by atoms with Crippen LogP contribution in [-0.4, -0.2) is 21.9 Å². The van der Waals surface area contributed by atoms with E-state index < -0.39 is 0 Å². The van der Waals surface area contributed by atoms with Gasteiger partial charge in [-0.25, -0.2) is 4.98 Å². The molecule has 3 rings (SSSR count). The summed E-state index contributed by atoms with van der Waals surface area (Å²) < 4.78 is 6.68. The third-order valence-corrected chi connectivity index (χ3v) is 3.53. The molecule has 0 saturated heterocycles. The van der Waals surface area contributed by atoms with E-state index in [4.69, 9.17) is 4.74 Å². The predicted octanol–water partition coefficient (Wildman–Crippen LogP) is 2.68. The summed E-state index contributed by atoms with van der Waals surface area (Å²) in [7, 11) is 0. The first-order valence-corrected chi connectivity index (χ1v) is 7.39. The molecule has 0 aliphatic carbocycles. The van der Waals surface area contributed by atoms with E-state index in [0.29, 0.717) is 28.8 Å². The largest absolute Gasteiger partial charge is 0.494 e. The van der Waals surface area contributed by atoms with E-state index in [1.54, 1.807) is 42.5 Å². The minimum atomic E-state index is -0.213. The molecule has 0 aliphatic heterocycles. The summed E-state index contributed by atoms with van der Waals surface area (Å²) in [6, 6.07) is 14.0. The summed E-state index contributed by atoms with van der Waals surface area (Å²) in [6.45, 7) is 2.44. The Bertz CT molecular complexity index is 898. The minimum Gasteiger partial charge on any atom is -0.494 e. The van der Waals surface area contributed by atoms with E-state index >= 15 is 0 Å². The number of ether oxygens (including phenoxy) is 1. The van der Waals surface area contributed by atoms with Crippen molar-refractivity contribution < 1.29 is 9.53 Å². The first-order chi connectivity index (χ1) is 11.2. The molecule has 23 heavy (non-hydrogen) atoms. The van der Waals surface area contributed by atoms with Crippen LogP contribution in [0.25, 0.3) is 10.9 Å². The smallest absolute Gasteiger partial charge is 0.261 e. The average molecular weight is 308 g/mol. The summed E-state index contributed by atoms with van der Waals surface area (Å²) >= 11 is 0. The molecule has 0 radical (unpaired) electrons. The number of nitrogens with zero attached hydrogens (tertiary/aromatic N) is 2. The second-order valence-electron chi connectivity index (χ2n) is 5.08. The number of rotatable bonds is 5. The zero-order valence-electron chi connectivity index (χ0n) is 12.7. The number of fused-ring (bicyclic) bond motifs is 1. The van der Waals surface area contributed by atoms with Crippen molar-refractivity contribution in [2.75, 3.05) is 6.61 Å². The van der Waals surface area contributed by atoms with Crippen LogP contribution in [0, 0.1) is 0 Å². The minimum absolute atomic E-state index is 0.0371. The summed E-state index contributed by atoms with van der Waals surface area (Å²) in [5.74, 6) is 0.570. The lowest BCUT2D eigenvalue weighted by molar-refractivity contribution is 0.0970. The van der Waals surface area contributed by atoms with E-state index in [1.807, 2.05) is 13.0 Å². The highest BCUT2D eigenvalue weighted by Gasteiger charge is 2.10. The van der Waals surface area contributed by atoms with Crippen molar-refractivity contribution in [1.82, 2.24) is 9.55 Å². The molecule has 0 saturated carbocycles. The third-order valence-electron chi connectivity index (χ3n) is 3.53.